The van der Waals surface area contributed by atoms with Crippen LogP contribution in [0.2, 0.25) is 0 Å². The van der Waals surface area contributed by atoms with Gasteiger partial charge in [-0.15, -0.1) is 0 Å². The fourth-order valence-corrected chi connectivity index (χ4v) is 5.61. The number of methoxy groups -OCH3 is 1. The van der Waals surface area contributed by atoms with E-state index in [0.29, 0.717) is 37.4 Å². The smallest absolute Gasteiger partial charge is 0.416 e. The molecule has 5 rings (SSSR count). The molecule has 214 valence electrons. The number of carbonyl (C=O) groups is 1. The fourth-order valence-electron chi connectivity index (χ4n) is 5.61. The molecule has 0 atom stereocenters. The minimum Gasteiger partial charge on any atom is -0.496 e. The van der Waals surface area contributed by atoms with Gasteiger partial charge in [0.15, 0.2) is 0 Å². The number of amides is 2. The predicted molar refractivity (Wildman–Crippen MR) is 148 cm³/mol. The summed E-state index contributed by atoms with van der Waals surface area (Å²) in [5, 5.41) is 15.8. The maximum absolute atomic E-state index is 13.2. The van der Waals surface area contributed by atoms with Crippen LogP contribution in [0.1, 0.15) is 29.5 Å². The Morgan fingerprint density at radius 1 is 1.12 bits per heavy atom. The number of benzene rings is 2. The van der Waals surface area contributed by atoms with Gasteiger partial charge in [-0.25, -0.2) is 4.79 Å². The molecule has 2 saturated heterocycles. The third-order valence-corrected chi connectivity index (χ3v) is 7.85. The van der Waals surface area contributed by atoms with Crippen molar-refractivity contribution in [2.75, 3.05) is 45.2 Å². The first-order valence-corrected chi connectivity index (χ1v) is 13.4. The normalized spacial score (nSPS) is 17.3. The lowest BCUT2D eigenvalue weighted by Gasteiger charge is -2.44. The third-order valence-electron chi connectivity index (χ3n) is 7.85. The summed E-state index contributed by atoms with van der Waals surface area (Å²) in [5.41, 5.74) is 1.19. The summed E-state index contributed by atoms with van der Waals surface area (Å²) in [6, 6.07) is 16.4. The highest BCUT2D eigenvalue weighted by atomic mass is 19.4. The van der Waals surface area contributed by atoms with Crippen LogP contribution in [0.4, 0.5) is 23.7 Å². The minimum absolute atomic E-state index is 0.0324. The number of urea groups is 1. The highest BCUT2D eigenvalue weighted by molar-refractivity contribution is 5.76. The van der Waals surface area contributed by atoms with Crippen molar-refractivity contribution in [2.45, 2.75) is 30.6 Å². The molecule has 1 aromatic heterocycles. The monoisotopic (exact) mass is 564 g/mol. The highest BCUT2D eigenvalue weighted by Gasteiger charge is 2.40. The zero-order valence-corrected chi connectivity index (χ0v) is 22.8. The molecular weight excluding hydrogens is 533 g/mol. The fraction of sp³-hybridized carbons (Fsp3) is 0.367. The van der Waals surface area contributed by atoms with Gasteiger partial charge in [-0.2, -0.15) is 18.4 Å². The van der Waals surface area contributed by atoms with Gasteiger partial charge in [0.25, 0.3) is 0 Å². The van der Waals surface area contributed by atoms with Crippen molar-refractivity contribution in [3.05, 3.63) is 77.5 Å². The Kier molecular flexibility index (Phi) is 7.78. The summed E-state index contributed by atoms with van der Waals surface area (Å²) < 4.78 is 45.2. The SMILES string of the molecule is COc1ccccc1-c1ccc(C2(NC(=O)NC3CN(C)C3)CCN(c3ccc(C(F)(F)F)cc3C#N)CC2)cn1. The van der Waals surface area contributed by atoms with E-state index in [4.69, 9.17) is 9.72 Å². The molecule has 41 heavy (non-hydrogen) atoms. The molecule has 0 radical (unpaired) electrons. The van der Waals surface area contributed by atoms with Crippen LogP contribution in [-0.2, 0) is 11.7 Å². The summed E-state index contributed by atoms with van der Waals surface area (Å²) in [5.74, 6) is 0.698. The maximum Gasteiger partial charge on any atom is 0.416 e. The number of alkyl halides is 3. The summed E-state index contributed by atoms with van der Waals surface area (Å²) in [6.07, 6.45) is -1.84. The van der Waals surface area contributed by atoms with Gasteiger partial charge in [-0.05, 0) is 61.9 Å². The lowest BCUT2D eigenvalue weighted by Crippen LogP contribution is -2.62. The van der Waals surface area contributed by atoms with E-state index in [9.17, 15) is 23.2 Å². The van der Waals surface area contributed by atoms with Crippen molar-refractivity contribution in [1.29, 1.82) is 5.26 Å². The topological polar surface area (TPSA) is 93.5 Å². The standard InChI is InChI=1S/C30H31F3N6O2/c1-38-18-23(19-38)36-28(40)37-29(22-7-9-25(35-17-22)24-5-3-4-6-27(24)41-2)11-13-39(14-12-29)26-10-8-21(30(31,32)33)15-20(26)16-34/h3-10,15,17,23H,11-14,18-19H2,1-2H3,(H2,36,37,40). The van der Waals surface area contributed by atoms with E-state index >= 15 is 0 Å². The molecule has 0 saturated carbocycles. The van der Waals surface area contributed by atoms with E-state index in [1.54, 1.807) is 13.3 Å². The zero-order chi connectivity index (χ0) is 29.2. The van der Waals surface area contributed by atoms with Gasteiger partial charge in [0.1, 0.15) is 11.8 Å². The molecule has 3 heterocycles. The molecule has 2 amide bonds. The number of nitriles is 1. The molecule has 2 aliphatic heterocycles. The molecule has 2 N–H and O–H groups in total. The Morgan fingerprint density at radius 3 is 2.46 bits per heavy atom. The summed E-state index contributed by atoms with van der Waals surface area (Å²) >= 11 is 0. The van der Waals surface area contributed by atoms with Crippen molar-refractivity contribution < 1.29 is 22.7 Å². The molecule has 2 aliphatic rings. The van der Waals surface area contributed by atoms with Gasteiger partial charge in [0.05, 0.1) is 41.2 Å². The number of carbonyl (C=O) groups excluding carboxylic acids is 1. The highest BCUT2D eigenvalue weighted by Crippen LogP contribution is 2.38. The summed E-state index contributed by atoms with van der Waals surface area (Å²) in [6.45, 7) is 2.38. The van der Waals surface area contributed by atoms with Gasteiger partial charge in [0, 0.05) is 37.9 Å². The molecule has 0 spiro atoms. The Hall–Kier alpha value is -4.30. The van der Waals surface area contributed by atoms with Crippen molar-refractivity contribution in [1.82, 2.24) is 20.5 Å². The number of pyridine rings is 1. The number of ether oxygens (including phenoxy) is 1. The average Bonchev–Trinajstić information content (AvgIpc) is 2.96. The van der Waals surface area contributed by atoms with Crippen LogP contribution in [0.3, 0.4) is 0 Å². The van der Waals surface area contributed by atoms with E-state index in [0.717, 1.165) is 42.0 Å². The zero-order valence-electron chi connectivity index (χ0n) is 22.8. The molecular formula is C30H31F3N6O2. The van der Waals surface area contributed by atoms with Crippen molar-refractivity contribution in [3.8, 4) is 23.1 Å². The molecule has 2 fully saturated rings. The molecule has 2 aromatic carbocycles. The van der Waals surface area contributed by atoms with Crippen LogP contribution in [0, 0.1) is 11.3 Å². The Balaban J connectivity index is 1.40. The van der Waals surface area contributed by atoms with E-state index in [1.807, 2.05) is 54.4 Å². The van der Waals surface area contributed by atoms with Crippen LogP contribution in [0.15, 0.2) is 60.8 Å². The number of likely N-dealkylation sites (tertiary alicyclic amines) is 1. The second kappa shape index (κ2) is 11.3. The number of nitrogens with one attached hydrogen (secondary N) is 2. The number of piperidine rings is 1. The molecule has 8 nitrogen and oxygen atoms in total. The van der Waals surface area contributed by atoms with E-state index in [1.165, 1.54) is 6.07 Å². The van der Waals surface area contributed by atoms with Gasteiger partial charge in [-0.1, -0.05) is 18.2 Å². The van der Waals surface area contributed by atoms with Crippen LogP contribution >= 0.6 is 0 Å². The summed E-state index contributed by atoms with van der Waals surface area (Å²) in [7, 11) is 3.59. The number of likely N-dealkylation sites (N-methyl/N-ethyl adjacent to an activating group) is 1. The third kappa shape index (κ3) is 5.93. The largest absolute Gasteiger partial charge is 0.496 e. The number of para-hydroxylation sites is 1. The number of hydrogen-bond donors (Lipinski definition) is 2. The van der Waals surface area contributed by atoms with Crippen LogP contribution < -0.4 is 20.3 Å². The Labute approximate surface area is 236 Å². The van der Waals surface area contributed by atoms with Crippen molar-refractivity contribution >= 4 is 11.7 Å². The lowest BCUT2D eigenvalue weighted by molar-refractivity contribution is -0.137. The van der Waals surface area contributed by atoms with Gasteiger partial charge >= 0.3 is 12.2 Å². The average molecular weight is 565 g/mol. The van der Waals surface area contributed by atoms with Crippen molar-refractivity contribution in [2.24, 2.45) is 0 Å². The van der Waals surface area contributed by atoms with E-state index in [-0.39, 0.29) is 17.6 Å². The van der Waals surface area contributed by atoms with Crippen LogP contribution in [-0.4, -0.2) is 62.3 Å². The second-order valence-electron chi connectivity index (χ2n) is 10.6. The first kappa shape index (κ1) is 28.2. The quantitative estimate of drug-likeness (QED) is 0.449. The molecule has 0 aliphatic carbocycles. The second-order valence-corrected chi connectivity index (χ2v) is 10.6. The first-order chi connectivity index (χ1) is 19.6. The molecule has 0 unspecified atom stereocenters. The van der Waals surface area contributed by atoms with Gasteiger partial charge in [0.2, 0.25) is 0 Å². The van der Waals surface area contributed by atoms with Crippen LogP contribution in [0.25, 0.3) is 11.3 Å². The Bertz CT molecular complexity index is 1440. The number of aromatic nitrogens is 1. The van der Waals surface area contributed by atoms with Crippen molar-refractivity contribution in [3.63, 3.8) is 0 Å². The summed E-state index contributed by atoms with van der Waals surface area (Å²) in [4.78, 5) is 21.8. The minimum atomic E-state index is -4.53. The van der Waals surface area contributed by atoms with Gasteiger partial charge < -0.3 is 25.2 Å². The number of halogens is 3. The Morgan fingerprint density at radius 2 is 1.85 bits per heavy atom. The van der Waals surface area contributed by atoms with Gasteiger partial charge in [-0.3, -0.25) is 4.98 Å². The number of hydrogen-bond acceptors (Lipinski definition) is 6. The first-order valence-electron chi connectivity index (χ1n) is 13.4. The molecule has 3 aromatic rings. The van der Waals surface area contributed by atoms with Crippen LogP contribution in [0.5, 0.6) is 5.75 Å². The molecule has 0 bridgehead atoms. The predicted octanol–water partition coefficient (Wildman–Crippen LogP) is 4.76. The lowest BCUT2D eigenvalue weighted by atomic mass is 9.81. The van der Waals surface area contributed by atoms with E-state index < -0.39 is 17.3 Å². The number of rotatable bonds is 6. The van der Waals surface area contributed by atoms with E-state index in [2.05, 4.69) is 15.5 Å². The molecule has 11 heteroatoms. The number of nitrogens with zero attached hydrogens (tertiary/aromatic N) is 4. The number of anilines is 1. The maximum atomic E-state index is 13.2.